The number of para-hydroxylation sites is 4. The van der Waals surface area contributed by atoms with Gasteiger partial charge >= 0.3 is 0 Å². The summed E-state index contributed by atoms with van der Waals surface area (Å²) in [5.74, 6) is -0.313. The van der Waals surface area contributed by atoms with E-state index in [1.54, 1.807) is 4.90 Å². The quantitative estimate of drug-likeness (QED) is 0.149. The molecule has 48 heavy (non-hydrogen) atoms. The Morgan fingerprint density at radius 3 is 2.21 bits per heavy atom. The molecule has 8 heteroatoms. The lowest BCUT2D eigenvalue weighted by Gasteiger charge is -2.29. The van der Waals surface area contributed by atoms with Crippen molar-refractivity contribution in [2.75, 3.05) is 16.3 Å². The highest BCUT2D eigenvalue weighted by atomic mass is 16.5. The summed E-state index contributed by atoms with van der Waals surface area (Å²) < 4.78 is 6.10. The van der Waals surface area contributed by atoms with Crippen molar-refractivity contribution >= 4 is 34.8 Å². The first kappa shape index (κ1) is 32.8. The maximum atomic E-state index is 14.7. The Hall–Kier alpha value is -5.11. The van der Waals surface area contributed by atoms with Gasteiger partial charge in [-0.3, -0.25) is 14.4 Å². The number of rotatable bonds is 14. The van der Waals surface area contributed by atoms with Crippen LogP contribution in [0.5, 0.6) is 11.5 Å². The Balaban J connectivity index is 1.34. The number of primary amides is 1. The minimum atomic E-state index is -0.879. The molecular weight excluding hydrogens is 600 g/mol. The van der Waals surface area contributed by atoms with Crippen molar-refractivity contribution in [3.8, 4) is 11.5 Å². The number of nitrogens with zero attached hydrogens (tertiary/aromatic N) is 2. The summed E-state index contributed by atoms with van der Waals surface area (Å²) in [5.41, 5.74) is 9.30. The second-order valence-electron chi connectivity index (χ2n) is 12.9. The van der Waals surface area contributed by atoms with E-state index in [0.29, 0.717) is 24.5 Å². The number of fused-ring (bicyclic) bond motifs is 1. The lowest BCUT2D eigenvalue weighted by Crippen LogP contribution is -2.54. The number of unbranched alkanes of at least 4 members (excludes halogenated alkanes) is 1. The molecule has 8 nitrogen and oxygen atoms in total. The van der Waals surface area contributed by atoms with Gasteiger partial charge in [0.25, 0.3) is 5.91 Å². The van der Waals surface area contributed by atoms with E-state index >= 15 is 0 Å². The number of hydrogen-bond donors (Lipinski definition) is 2. The predicted octanol–water partition coefficient (Wildman–Crippen LogP) is 7.36. The average Bonchev–Trinajstić information content (AvgIpc) is 3.94. The molecule has 0 bridgehead atoms. The van der Waals surface area contributed by atoms with E-state index in [1.807, 2.05) is 109 Å². The van der Waals surface area contributed by atoms with Gasteiger partial charge in [0.2, 0.25) is 11.8 Å². The summed E-state index contributed by atoms with van der Waals surface area (Å²) in [4.78, 5) is 45.5. The zero-order valence-corrected chi connectivity index (χ0v) is 27.5. The molecule has 6 rings (SSSR count). The van der Waals surface area contributed by atoms with E-state index in [0.717, 1.165) is 54.1 Å². The van der Waals surface area contributed by atoms with Crippen LogP contribution in [0.15, 0.2) is 109 Å². The van der Waals surface area contributed by atoms with Gasteiger partial charge in [-0.05, 0) is 72.9 Å². The Morgan fingerprint density at radius 2 is 1.52 bits per heavy atom. The summed E-state index contributed by atoms with van der Waals surface area (Å²) in [6.45, 7) is 2.56. The van der Waals surface area contributed by atoms with Gasteiger partial charge < -0.3 is 25.6 Å². The summed E-state index contributed by atoms with van der Waals surface area (Å²) in [6, 6.07) is 34.1. The smallest absolute Gasteiger partial charge is 0.251 e. The number of nitrogens with two attached hydrogens (primary N) is 1. The first-order valence-electron chi connectivity index (χ1n) is 17.1. The van der Waals surface area contributed by atoms with Gasteiger partial charge in [0, 0.05) is 17.5 Å². The molecule has 4 aromatic rings. The highest BCUT2D eigenvalue weighted by Crippen LogP contribution is 2.40. The number of carbonyl (C=O) groups excluding carboxylic acids is 3. The second-order valence-corrected chi connectivity index (χ2v) is 12.9. The van der Waals surface area contributed by atoms with Gasteiger partial charge in [-0.15, -0.1) is 0 Å². The van der Waals surface area contributed by atoms with Crippen molar-refractivity contribution in [3.05, 3.63) is 115 Å². The van der Waals surface area contributed by atoms with E-state index < -0.39 is 23.8 Å². The van der Waals surface area contributed by atoms with Crippen molar-refractivity contribution in [3.63, 3.8) is 0 Å². The molecule has 248 valence electrons. The zero-order valence-electron chi connectivity index (χ0n) is 27.5. The normalized spacial score (nSPS) is 17.2. The Kier molecular flexibility index (Phi) is 10.4. The molecule has 0 aromatic heterocycles. The summed E-state index contributed by atoms with van der Waals surface area (Å²) in [7, 11) is 0. The Bertz CT molecular complexity index is 1710. The molecule has 2 aliphatic rings. The highest BCUT2D eigenvalue weighted by molar-refractivity contribution is 6.04. The van der Waals surface area contributed by atoms with Crippen molar-refractivity contribution in [2.45, 2.75) is 58.0 Å². The Morgan fingerprint density at radius 1 is 0.854 bits per heavy atom. The van der Waals surface area contributed by atoms with Gasteiger partial charge in [-0.25, -0.2) is 0 Å². The molecule has 1 unspecified atom stereocenters. The first-order valence-corrected chi connectivity index (χ1v) is 17.1. The molecule has 1 aliphatic carbocycles. The SMILES string of the molecule is CCCC[C@H](C(N)=O)[C@@H](CC1CC1)C(=O)NC1CN(c2ccccc2)c2ccccc2N(Cc2cccc(Oc3ccccc3)c2)C1=O. The van der Waals surface area contributed by atoms with E-state index in [9.17, 15) is 14.4 Å². The molecule has 0 radical (unpaired) electrons. The molecule has 1 heterocycles. The average molecular weight is 645 g/mol. The lowest BCUT2D eigenvalue weighted by atomic mass is 9.82. The molecule has 0 spiro atoms. The van der Waals surface area contributed by atoms with Gasteiger partial charge in [0.15, 0.2) is 0 Å². The highest BCUT2D eigenvalue weighted by Gasteiger charge is 2.40. The minimum absolute atomic E-state index is 0.224. The van der Waals surface area contributed by atoms with Gasteiger partial charge in [-0.2, -0.15) is 0 Å². The van der Waals surface area contributed by atoms with E-state index in [4.69, 9.17) is 10.5 Å². The van der Waals surface area contributed by atoms with Crippen LogP contribution in [0.3, 0.4) is 0 Å². The molecule has 0 saturated heterocycles. The third kappa shape index (κ3) is 7.88. The van der Waals surface area contributed by atoms with Crippen LogP contribution in [0.4, 0.5) is 17.1 Å². The fourth-order valence-electron chi connectivity index (χ4n) is 6.64. The first-order chi connectivity index (χ1) is 23.4. The van der Waals surface area contributed by atoms with Crippen molar-refractivity contribution in [1.29, 1.82) is 0 Å². The zero-order chi connectivity index (χ0) is 33.5. The van der Waals surface area contributed by atoms with Gasteiger partial charge in [0.05, 0.1) is 24.5 Å². The fourth-order valence-corrected chi connectivity index (χ4v) is 6.64. The van der Waals surface area contributed by atoms with Crippen LogP contribution in [-0.2, 0) is 20.9 Å². The molecule has 3 N–H and O–H groups in total. The van der Waals surface area contributed by atoms with Gasteiger partial charge in [-0.1, -0.05) is 93.3 Å². The number of anilines is 3. The molecule has 1 saturated carbocycles. The summed E-state index contributed by atoms with van der Waals surface area (Å²) >= 11 is 0. The minimum Gasteiger partial charge on any atom is -0.457 e. The van der Waals surface area contributed by atoms with Crippen LogP contribution in [0.1, 0.15) is 51.0 Å². The number of nitrogens with one attached hydrogen (secondary N) is 1. The molecule has 3 atom stereocenters. The van der Waals surface area contributed by atoms with Crippen molar-refractivity contribution in [2.24, 2.45) is 23.5 Å². The molecule has 4 aromatic carbocycles. The summed E-state index contributed by atoms with van der Waals surface area (Å²) in [5, 5.41) is 3.14. The number of amides is 3. The van der Waals surface area contributed by atoms with E-state index in [1.165, 1.54) is 0 Å². The number of ether oxygens (including phenoxy) is 1. The lowest BCUT2D eigenvalue weighted by molar-refractivity contribution is -0.135. The molecule has 1 fully saturated rings. The molecular formula is C40H44N4O4. The van der Waals surface area contributed by atoms with Crippen molar-refractivity contribution < 1.29 is 19.1 Å². The largest absolute Gasteiger partial charge is 0.457 e. The topological polar surface area (TPSA) is 105 Å². The van der Waals surface area contributed by atoms with Crippen LogP contribution in [0.2, 0.25) is 0 Å². The maximum absolute atomic E-state index is 14.7. The molecule has 1 aliphatic heterocycles. The second kappa shape index (κ2) is 15.2. The van der Waals surface area contributed by atoms with Gasteiger partial charge in [0.1, 0.15) is 17.5 Å². The number of benzene rings is 4. The Labute approximate surface area is 282 Å². The monoisotopic (exact) mass is 644 g/mol. The third-order valence-corrected chi connectivity index (χ3v) is 9.34. The molecule has 3 amide bonds. The predicted molar refractivity (Wildman–Crippen MR) is 189 cm³/mol. The number of carbonyl (C=O) groups is 3. The van der Waals surface area contributed by atoms with Crippen LogP contribution < -0.4 is 25.6 Å². The van der Waals surface area contributed by atoms with Crippen molar-refractivity contribution in [1.82, 2.24) is 5.32 Å². The van der Waals surface area contributed by atoms with E-state index in [2.05, 4.69) is 17.1 Å². The summed E-state index contributed by atoms with van der Waals surface area (Å²) in [6.07, 6.45) is 4.96. The van der Waals surface area contributed by atoms with Crippen LogP contribution in [0.25, 0.3) is 0 Å². The van der Waals surface area contributed by atoms with Crippen LogP contribution >= 0.6 is 0 Å². The van der Waals surface area contributed by atoms with E-state index in [-0.39, 0.29) is 24.9 Å². The fraction of sp³-hybridized carbons (Fsp3) is 0.325. The maximum Gasteiger partial charge on any atom is 0.251 e. The van der Waals surface area contributed by atoms with Crippen LogP contribution in [0, 0.1) is 17.8 Å². The standard InChI is InChI=1S/C40H44N4O4/c1-2-3-19-33(38(41)45)34(25-28-22-23-28)39(46)42-35-27-43(30-14-6-4-7-15-30)36-20-10-11-21-37(36)44(40(35)47)26-29-13-12-18-32(24-29)48-31-16-8-5-9-17-31/h4-18,20-21,24,28,33-35H,2-3,19,22-23,25-27H2,1H3,(H2,41,45)(H,42,46)/t33-,34+,35?/m0/s1. The number of hydrogen-bond acceptors (Lipinski definition) is 5. The van der Waals surface area contributed by atoms with Crippen LogP contribution in [-0.4, -0.2) is 30.3 Å². The third-order valence-electron chi connectivity index (χ3n) is 9.34.